The van der Waals surface area contributed by atoms with Gasteiger partial charge >= 0.3 is 0 Å². The highest BCUT2D eigenvalue weighted by Gasteiger charge is 2.10. The molecule has 2 aromatic rings. The molecule has 0 saturated heterocycles. The molecule has 21 heavy (non-hydrogen) atoms. The van der Waals surface area contributed by atoms with Crippen LogP contribution in [0, 0.1) is 6.92 Å². The van der Waals surface area contributed by atoms with Gasteiger partial charge in [-0.25, -0.2) is 0 Å². The van der Waals surface area contributed by atoms with Crippen molar-refractivity contribution in [2.45, 2.75) is 26.5 Å². The highest BCUT2D eigenvalue weighted by molar-refractivity contribution is 6.30. The molecule has 0 amide bonds. The molecule has 3 nitrogen and oxygen atoms in total. The Hall–Kier alpha value is -1.71. The van der Waals surface area contributed by atoms with Gasteiger partial charge in [0.15, 0.2) is 0 Å². The smallest absolute Gasteiger partial charge is 0.125 e. The topological polar surface area (TPSA) is 44.5 Å². The molecule has 0 aromatic heterocycles. The van der Waals surface area contributed by atoms with Crippen LogP contribution in [0.2, 0.25) is 5.02 Å². The van der Waals surface area contributed by atoms with Crippen molar-refractivity contribution in [3.05, 3.63) is 58.1 Å². The Morgan fingerprint density at radius 2 is 1.86 bits per heavy atom. The maximum atomic E-state index is 6.03. The van der Waals surface area contributed by atoms with Crippen LogP contribution in [-0.2, 0) is 6.61 Å². The van der Waals surface area contributed by atoms with Gasteiger partial charge in [-0.3, -0.25) is 0 Å². The molecule has 1 atom stereocenters. The number of hydrogen-bond acceptors (Lipinski definition) is 3. The Balaban J connectivity index is 2.22. The van der Waals surface area contributed by atoms with E-state index in [0.717, 1.165) is 28.2 Å². The number of rotatable bonds is 5. The third-order valence-corrected chi connectivity index (χ3v) is 3.52. The van der Waals surface area contributed by atoms with Crippen molar-refractivity contribution < 1.29 is 9.47 Å². The maximum absolute atomic E-state index is 6.03. The molecule has 4 heteroatoms. The second kappa shape index (κ2) is 6.83. The van der Waals surface area contributed by atoms with Gasteiger partial charge in [0.05, 0.1) is 7.11 Å². The van der Waals surface area contributed by atoms with E-state index in [2.05, 4.69) is 6.07 Å². The zero-order chi connectivity index (χ0) is 15.4. The van der Waals surface area contributed by atoms with Crippen molar-refractivity contribution >= 4 is 11.6 Å². The minimum atomic E-state index is -0.0823. The Labute approximate surface area is 130 Å². The van der Waals surface area contributed by atoms with Gasteiger partial charge in [-0.05, 0) is 38.1 Å². The summed E-state index contributed by atoms with van der Waals surface area (Å²) in [5.74, 6) is 1.55. The van der Waals surface area contributed by atoms with Crippen molar-refractivity contribution in [3.63, 3.8) is 0 Å². The van der Waals surface area contributed by atoms with Gasteiger partial charge in [-0.1, -0.05) is 29.3 Å². The normalized spacial score (nSPS) is 12.0. The van der Waals surface area contributed by atoms with Crippen molar-refractivity contribution in [3.8, 4) is 11.5 Å². The fourth-order valence-corrected chi connectivity index (χ4v) is 2.37. The summed E-state index contributed by atoms with van der Waals surface area (Å²) in [6.07, 6.45) is 0. The first-order valence-corrected chi connectivity index (χ1v) is 7.20. The summed E-state index contributed by atoms with van der Waals surface area (Å²) in [4.78, 5) is 0. The largest absolute Gasteiger partial charge is 0.496 e. The van der Waals surface area contributed by atoms with E-state index in [9.17, 15) is 0 Å². The maximum Gasteiger partial charge on any atom is 0.125 e. The predicted molar refractivity (Wildman–Crippen MR) is 86.1 cm³/mol. The lowest BCUT2D eigenvalue weighted by atomic mass is 10.1. The molecule has 0 aliphatic heterocycles. The van der Waals surface area contributed by atoms with Crippen LogP contribution in [0.4, 0.5) is 0 Å². The number of benzene rings is 2. The van der Waals surface area contributed by atoms with Crippen LogP contribution in [0.5, 0.6) is 11.5 Å². The molecular formula is C17H20ClNO2. The fraction of sp³-hybridized carbons (Fsp3) is 0.294. The number of methoxy groups -OCH3 is 1. The average molecular weight is 306 g/mol. The molecular weight excluding hydrogens is 286 g/mol. The van der Waals surface area contributed by atoms with E-state index in [-0.39, 0.29) is 6.04 Å². The summed E-state index contributed by atoms with van der Waals surface area (Å²) < 4.78 is 11.2. The highest BCUT2D eigenvalue weighted by Crippen LogP contribution is 2.28. The van der Waals surface area contributed by atoms with E-state index >= 15 is 0 Å². The van der Waals surface area contributed by atoms with Crippen LogP contribution >= 0.6 is 11.6 Å². The molecule has 112 valence electrons. The summed E-state index contributed by atoms with van der Waals surface area (Å²) in [5, 5.41) is 0.658. The van der Waals surface area contributed by atoms with E-state index in [0.29, 0.717) is 11.6 Å². The van der Waals surface area contributed by atoms with Crippen LogP contribution in [0.15, 0.2) is 36.4 Å². The average Bonchev–Trinajstić information content (AvgIpc) is 2.46. The number of ether oxygens (including phenoxy) is 2. The monoisotopic (exact) mass is 305 g/mol. The van der Waals surface area contributed by atoms with Crippen LogP contribution in [-0.4, -0.2) is 7.11 Å². The first kappa shape index (κ1) is 15.7. The molecule has 0 aliphatic carbocycles. The molecule has 0 heterocycles. The summed E-state index contributed by atoms with van der Waals surface area (Å²) in [7, 11) is 1.63. The lowest BCUT2D eigenvalue weighted by Gasteiger charge is -2.16. The predicted octanol–water partition coefficient (Wildman–Crippen LogP) is 4.26. The number of hydrogen-bond donors (Lipinski definition) is 1. The molecule has 2 rings (SSSR count). The zero-order valence-electron chi connectivity index (χ0n) is 12.5. The van der Waals surface area contributed by atoms with Crippen LogP contribution in [0.1, 0.15) is 29.7 Å². The highest BCUT2D eigenvalue weighted by atomic mass is 35.5. The zero-order valence-corrected chi connectivity index (χ0v) is 13.3. The van der Waals surface area contributed by atoms with Gasteiger partial charge in [-0.2, -0.15) is 0 Å². The van der Waals surface area contributed by atoms with Gasteiger partial charge in [-0.15, -0.1) is 0 Å². The minimum absolute atomic E-state index is 0.0823. The van der Waals surface area contributed by atoms with E-state index in [4.69, 9.17) is 26.8 Å². The summed E-state index contributed by atoms with van der Waals surface area (Å²) >= 11 is 6.03. The second-order valence-electron chi connectivity index (χ2n) is 5.07. The minimum Gasteiger partial charge on any atom is -0.496 e. The third kappa shape index (κ3) is 3.90. The first-order valence-electron chi connectivity index (χ1n) is 6.82. The van der Waals surface area contributed by atoms with Gasteiger partial charge in [0.1, 0.15) is 18.1 Å². The molecule has 0 bridgehead atoms. The second-order valence-corrected chi connectivity index (χ2v) is 5.51. The van der Waals surface area contributed by atoms with Crippen molar-refractivity contribution in [2.24, 2.45) is 5.73 Å². The standard InChI is InChI=1S/C17H20ClNO2/c1-11-4-6-17(15(8-11)12(2)19)21-10-13-9-14(18)5-7-16(13)20-3/h4-9,12H,10,19H2,1-3H3/t12-/m0/s1. The molecule has 2 N–H and O–H groups in total. The van der Waals surface area contributed by atoms with E-state index in [1.807, 2.05) is 38.1 Å². The van der Waals surface area contributed by atoms with Crippen molar-refractivity contribution in [1.29, 1.82) is 0 Å². The quantitative estimate of drug-likeness (QED) is 0.898. The summed E-state index contributed by atoms with van der Waals surface area (Å²) in [6.45, 7) is 4.36. The van der Waals surface area contributed by atoms with Gasteiger partial charge in [0.2, 0.25) is 0 Å². The molecule has 0 aliphatic rings. The van der Waals surface area contributed by atoms with E-state index in [1.54, 1.807) is 13.2 Å². The van der Waals surface area contributed by atoms with Crippen LogP contribution < -0.4 is 15.2 Å². The van der Waals surface area contributed by atoms with Crippen molar-refractivity contribution in [1.82, 2.24) is 0 Å². The Morgan fingerprint density at radius 3 is 2.52 bits per heavy atom. The van der Waals surface area contributed by atoms with Crippen molar-refractivity contribution in [2.75, 3.05) is 7.11 Å². The summed E-state index contributed by atoms with van der Waals surface area (Å²) in [5.41, 5.74) is 9.07. The van der Waals surface area contributed by atoms with E-state index in [1.165, 1.54) is 0 Å². The molecule has 2 aromatic carbocycles. The number of halogens is 1. The Kier molecular flexibility index (Phi) is 5.10. The number of aryl methyl sites for hydroxylation is 1. The van der Waals surface area contributed by atoms with Crippen LogP contribution in [0.25, 0.3) is 0 Å². The Bertz CT molecular complexity index is 626. The third-order valence-electron chi connectivity index (χ3n) is 3.28. The lowest BCUT2D eigenvalue weighted by molar-refractivity contribution is 0.292. The molecule has 0 fully saturated rings. The van der Waals surface area contributed by atoms with Gasteiger partial charge < -0.3 is 15.2 Å². The molecule has 0 spiro atoms. The molecule has 0 unspecified atom stereocenters. The summed E-state index contributed by atoms with van der Waals surface area (Å²) in [6, 6.07) is 11.4. The fourth-order valence-electron chi connectivity index (χ4n) is 2.17. The van der Waals surface area contributed by atoms with Gasteiger partial charge in [0.25, 0.3) is 0 Å². The first-order chi connectivity index (χ1) is 10.0. The Morgan fingerprint density at radius 1 is 1.14 bits per heavy atom. The van der Waals surface area contributed by atoms with Crippen LogP contribution in [0.3, 0.4) is 0 Å². The van der Waals surface area contributed by atoms with Gasteiger partial charge in [0, 0.05) is 22.2 Å². The molecule has 0 radical (unpaired) electrons. The van der Waals surface area contributed by atoms with E-state index < -0.39 is 0 Å². The number of nitrogens with two attached hydrogens (primary N) is 1. The molecule has 0 saturated carbocycles. The lowest BCUT2D eigenvalue weighted by Crippen LogP contribution is -2.08. The SMILES string of the molecule is COc1ccc(Cl)cc1COc1ccc(C)cc1[C@H](C)N.